The van der Waals surface area contributed by atoms with E-state index < -0.39 is 10.0 Å². The fourth-order valence-electron chi connectivity index (χ4n) is 1.30. The van der Waals surface area contributed by atoms with Crippen molar-refractivity contribution >= 4 is 10.0 Å². The van der Waals surface area contributed by atoms with Crippen LogP contribution >= 0.6 is 0 Å². The minimum Gasteiger partial charge on any atom is -0.213 e. The molecule has 1 N–H and O–H groups in total. The minimum atomic E-state index is -3.29. The van der Waals surface area contributed by atoms with E-state index in [0.29, 0.717) is 5.56 Å². The first-order valence-electron chi connectivity index (χ1n) is 5.02. The van der Waals surface area contributed by atoms with Crippen molar-refractivity contribution in [2.75, 3.05) is 6.26 Å². The topological polar surface area (TPSA) is 46.2 Å². The average molecular weight is 245 g/mol. The summed E-state index contributed by atoms with van der Waals surface area (Å²) in [5.41, 5.74) is 1.36. The molecule has 90 valence electrons. The Bertz CT molecular complexity index is 469. The van der Waals surface area contributed by atoms with Gasteiger partial charge >= 0.3 is 0 Å². The predicted octanol–water partition coefficient (Wildman–Crippen LogP) is 2.00. The van der Waals surface area contributed by atoms with Crippen LogP contribution in [0.1, 0.15) is 30.9 Å². The van der Waals surface area contributed by atoms with Gasteiger partial charge in [0, 0.05) is 12.1 Å². The van der Waals surface area contributed by atoms with E-state index in [1.54, 1.807) is 12.1 Å². The van der Waals surface area contributed by atoms with Gasteiger partial charge in [-0.15, -0.1) is 0 Å². The molecule has 0 unspecified atom stereocenters. The van der Waals surface area contributed by atoms with Crippen LogP contribution in [-0.4, -0.2) is 14.7 Å². The Morgan fingerprint density at radius 1 is 1.38 bits per heavy atom. The van der Waals surface area contributed by atoms with Crippen LogP contribution in [0.4, 0.5) is 4.39 Å². The van der Waals surface area contributed by atoms with Crippen LogP contribution in [0.25, 0.3) is 0 Å². The zero-order valence-electron chi connectivity index (χ0n) is 9.62. The van der Waals surface area contributed by atoms with Crippen LogP contribution in [0.2, 0.25) is 0 Å². The molecule has 0 aliphatic rings. The molecule has 0 bridgehead atoms. The summed E-state index contributed by atoms with van der Waals surface area (Å²) in [7, 11) is -3.29. The molecule has 5 heteroatoms. The number of hydrogen-bond acceptors (Lipinski definition) is 2. The van der Waals surface area contributed by atoms with Gasteiger partial charge in [0.1, 0.15) is 5.82 Å². The molecular weight excluding hydrogens is 229 g/mol. The summed E-state index contributed by atoms with van der Waals surface area (Å²) in [6, 6.07) is 4.77. The third kappa shape index (κ3) is 3.90. The second-order valence-electron chi connectivity index (χ2n) is 4.10. The minimum absolute atomic E-state index is 0.00870. The first-order valence-corrected chi connectivity index (χ1v) is 6.91. The Morgan fingerprint density at radius 3 is 2.50 bits per heavy atom. The molecule has 0 heterocycles. The zero-order chi connectivity index (χ0) is 12.3. The van der Waals surface area contributed by atoms with Gasteiger partial charge in [0.15, 0.2) is 0 Å². The van der Waals surface area contributed by atoms with Crippen LogP contribution in [0.5, 0.6) is 0 Å². The number of nitrogens with one attached hydrogen (secondary N) is 1. The van der Waals surface area contributed by atoms with Gasteiger partial charge in [-0.05, 0) is 17.5 Å². The van der Waals surface area contributed by atoms with Crippen LogP contribution in [0.3, 0.4) is 0 Å². The van der Waals surface area contributed by atoms with E-state index in [9.17, 15) is 12.8 Å². The monoisotopic (exact) mass is 245 g/mol. The standard InChI is InChI=1S/C11H16FNO2S/c1-8(2)9-4-5-11(12)10(6-9)7-13-16(3,14)15/h4-6,8,13H,7H2,1-3H3. The van der Waals surface area contributed by atoms with E-state index in [2.05, 4.69) is 4.72 Å². The maximum atomic E-state index is 13.4. The summed E-state index contributed by atoms with van der Waals surface area (Å²) in [4.78, 5) is 0. The van der Waals surface area contributed by atoms with Crippen molar-refractivity contribution in [1.29, 1.82) is 0 Å². The smallest absolute Gasteiger partial charge is 0.209 e. The van der Waals surface area contributed by atoms with E-state index >= 15 is 0 Å². The fraction of sp³-hybridized carbons (Fsp3) is 0.455. The van der Waals surface area contributed by atoms with E-state index in [0.717, 1.165) is 11.8 Å². The van der Waals surface area contributed by atoms with Gasteiger partial charge in [-0.1, -0.05) is 26.0 Å². The van der Waals surface area contributed by atoms with Gasteiger partial charge in [0.2, 0.25) is 10.0 Å². The van der Waals surface area contributed by atoms with Gasteiger partial charge in [0.05, 0.1) is 6.26 Å². The summed E-state index contributed by atoms with van der Waals surface area (Å²) in [5, 5.41) is 0. The quantitative estimate of drug-likeness (QED) is 0.882. The highest BCUT2D eigenvalue weighted by molar-refractivity contribution is 7.88. The molecule has 1 aromatic rings. The molecule has 3 nitrogen and oxygen atoms in total. The van der Waals surface area contributed by atoms with Gasteiger partial charge < -0.3 is 0 Å². The van der Waals surface area contributed by atoms with E-state index in [1.807, 2.05) is 13.8 Å². The number of halogens is 1. The van der Waals surface area contributed by atoms with Crippen molar-refractivity contribution in [3.05, 3.63) is 35.1 Å². The molecule has 0 aliphatic carbocycles. The Labute approximate surface area is 95.7 Å². The highest BCUT2D eigenvalue weighted by Crippen LogP contribution is 2.18. The van der Waals surface area contributed by atoms with Crippen LogP contribution in [0, 0.1) is 5.82 Å². The molecule has 0 amide bonds. The molecule has 16 heavy (non-hydrogen) atoms. The molecule has 0 aromatic heterocycles. The third-order valence-electron chi connectivity index (χ3n) is 2.26. The predicted molar refractivity (Wildman–Crippen MR) is 62.2 cm³/mol. The van der Waals surface area contributed by atoms with Gasteiger partial charge in [0.25, 0.3) is 0 Å². The highest BCUT2D eigenvalue weighted by Gasteiger charge is 2.08. The second-order valence-corrected chi connectivity index (χ2v) is 5.93. The molecule has 0 saturated carbocycles. The van der Waals surface area contributed by atoms with Crippen molar-refractivity contribution in [1.82, 2.24) is 4.72 Å². The normalized spacial score (nSPS) is 12.1. The van der Waals surface area contributed by atoms with E-state index in [4.69, 9.17) is 0 Å². The molecule has 0 atom stereocenters. The molecule has 0 saturated heterocycles. The number of hydrogen-bond donors (Lipinski definition) is 1. The highest BCUT2D eigenvalue weighted by atomic mass is 32.2. The molecular formula is C11H16FNO2S. The summed E-state index contributed by atoms with van der Waals surface area (Å²) in [5.74, 6) is -0.0990. The lowest BCUT2D eigenvalue weighted by Gasteiger charge is -2.09. The average Bonchev–Trinajstić information content (AvgIpc) is 2.14. The van der Waals surface area contributed by atoms with Gasteiger partial charge in [-0.25, -0.2) is 17.5 Å². The van der Waals surface area contributed by atoms with Crippen LogP contribution in [0.15, 0.2) is 18.2 Å². The number of rotatable bonds is 4. The lowest BCUT2D eigenvalue weighted by Crippen LogP contribution is -2.21. The Balaban J connectivity index is 2.90. The van der Waals surface area contributed by atoms with Gasteiger partial charge in [-0.3, -0.25) is 0 Å². The third-order valence-corrected chi connectivity index (χ3v) is 2.93. The Kier molecular flexibility index (Phi) is 4.04. The fourth-order valence-corrected chi connectivity index (χ4v) is 1.72. The summed E-state index contributed by atoms with van der Waals surface area (Å²) < 4.78 is 37.5. The van der Waals surface area contributed by atoms with Crippen molar-refractivity contribution in [3.8, 4) is 0 Å². The van der Waals surface area contributed by atoms with E-state index in [1.165, 1.54) is 6.07 Å². The van der Waals surface area contributed by atoms with Crippen molar-refractivity contribution in [2.45, 2.75) is 26.3 Å². The maximum absolute atomic E-state index is 13.4. The molecule has 1 aromatic carbocycles. The molecule has 0 radical (unpaired) electrons. The van der Waals surface area contributed by atoms with Crippen molar-refractivity contribution in [3.63, 3.8) is 0 Å². The summed E-state index contributed by atoms with van der Waals surface area (Å²) >= 11 is 0. The van der Waals surface area contributed by atoms with E-state index in [-0.39, 0.29) is 18.3 Å². The Morgan fingerprint density at radius 2 is 2.00 bits per heavy atom. The van der Waals surface area contributed by atoms with Crippen molar-refractivity contribution < 1.29 is 12.8 Å². The molecule has 0 aliphatic heterocycles. The maximum Gasteiger partial charge on any atom is 0.209 e. The lowest BCUT2D eigenvalue weighted by molar-refractivity contribution is 0.579. The zero-order valence-corrected chi connectivity index (χ0v) is 10.4. The second kappa shape index (κ2) is 4.93. The first-order chi connectivity index (χ1) is 7.29. The lowest BCUT2D eigenvalue weighted by atomic mass is 10.0. The Hall–Kier alpha value is -0.940. The largest absolute Gasteiger partial charge is 0.213 e. The summed E-state index contributed by atoms with van der Waals surface area (Å²) in [6.07, 6.45) is 1.05. The SMILES string of the molecule is CC(C)c1ccc(F)c(CNS(C)(=O)=O)c1. The molecule has 1 rings (SSSR count). The number of benzene rings is 1. The summed E-state index contributed by atoms with van der Waals surface area (Å²) in [6.45, 7) is 3.99. The molecule has 0 spiro atoms. The van der Waals surface area contributed by atoms with Gasteiger partial charge in [-0.2, -0.15) is 0 Å². The number of sulfonamides is 1. The van der Waals surface area contributed by atoms with Crippen LogP contribution in [-0.2, 0) is 16.6 Å². The first kappa shape index (κ1) is 13.1. The van der Waals surface area contributed by atoms with Crippen LogP contribution < -0.4 is 4.72 Å². The molecule has 0 fully saturated rings. The van der Waals surface area contributed by atoms with Crippen molar-refractivity contribution in [2.24, 2.45) is 0 Å².